The Labute approximate surface area is 139 Å². The summed E-state index contributed by atoms with van der Waals surface area (Å²) in [6.45, 7) is 8.50. The number of pyridine rings is 1. The Morgan fingerprint density at radius 1 is 1.17 bits per heavy atom. The van der Waals surface area contributed by atoms with Crippen molar-refractivity contribution < 1.29 is 0 Å². The van der Waals surface area contributed by atoms with E-state index in [4.69, 9.17) is 0 Å². The van der Waals surface area contributed by atoms with E-state index in [1.165, 1.54) is 68.5 Å². The minimum Gasteiger partial charge on any atom is -0.343 e. The van der Waals surface area contributed by atoms with Crippen LogP contribution in [0.4, 0.5) is 0 Å². The average molecular weight is 312 g/mol. The fourth-order valence-electron chi connectivity index (χ4n) is 4.38. The molecule has 0 radical (unpaired) electrons. The molecule has 1 unspecified atom stereocenters. The second kappa shape index (κ2) is 6.25. The maximum atomic E-state index is 4.28. The van der Waals surface area contributed by atoms with Crippen molar-refractivity contribution in [2.45, 2.75) is 32.2 Å². The molecule has 0 aliphatic carbocycles. The Morgan fingerprint density at radius 2 is 2.00 bits per heavy atom. The highest BCUT2D eigenvalue weighted by Gasteiger charge is 2.27. The van der Waals surface area contributed by atoms with Gasteiger partial charge in [0.1, 0.15) is 0 Å². The summed E-state index contributed by atoms with van der Waals surface area (Å²) >= 11 is 0. The SMILES string of the molecule is Cc1cn(C2CCN(CC3CCN(C)CC3)C2)c2ccncc12. The van der Waals surface area contributed by atoms with Gasteiger partial charge in [0.15, 0.2) is 0 Å². The Hall–Kier alpha value is -1.39. The van der Waals surface area contributed by atoms with Crippen LogP contribution in [0.3, 0.4) is 0 Å². The largest absolute Gasteiger partial charge is 0.343 e. The van der Waals surface area contributed by atoms with Crippen LogP contribution in [0.15, 0.2) is 24.7 Å². The number of aromatic nitrogens is 2. The molecule has 4 heteroatoms. The number of hydrogen-bond acceptors (Lipinski definition) is 3. The van der Waals surface area contributed by atoms with Crippen LogP contribution in [0.25, 0.3) is 10.9 Å². The second-order valence-electron chi connectivity index (χ2n) is 7.56. The molecule has 124 valence electrons. The van der Waals surface area contributed by atoms with E-state index >= 15 is 0 Å². The van der Waals surface area contributed by atoms with Crippen LogP contribution < -0.4 is 0 Å². The van der Waals surface area contributed by atoms with Crippen LogP contribution >= 0.6 is 0 Å². The number of rotatable bonds is 3. The molecule has 0 saturated carbocycles. The van der Waals surface area contributed by atoms with Gasteiger partial charge >= 0.3 is 0 Å². The van der Waals surface area contributed by atoms with Gasteiger partial charge in [-0.25, -0.2) is 0 Å². The van der Waals surface area contributed by atoms with E-state index in [9.17, 15) is 0 Å². The fraction of sp³-hybridized carbons (Fsp3) is 0.632. The third kappa shape index (κ3) is 3.02. The van der Waals surface area contributed by atoms with Gasteiger partial charge in [-0.05, 0) is 63.9 Å². The van der Waals surface area contributed by atoms with Crippen molar-refractivity contribution in [2.75, 3.05) is 39.8 Å². The molecule has 4 rings (SSSR count). The molecular weight excluding hydrogens is 284 g/mol. The minimum absolute atomic E-state index is 0.625. The van der Waals surface area contributed by atoms with E-state index in [1.807, 2.05) is 12.4 Å². The Bertz CT molecular complexity index is 669. The molecule has 2 saturated heterocycles. The number of aryl methyl sites for hydroxylation is 1. The van der Waals surface area contributed by atoms with Gasteiger partial charge in [-0.1, -0.05) is 0 Å². The van der Waals surface area contributed by atoms with Crippen LogP contribution in [0.1, 0.15) is 30.9 Å². The summed E-state index contributed by atoms with van der Waals surface area (Å²) < 4.78 is 2.50. The number of likely N-dealkylation sites (tertiary alicyclic amines) is 2. The summed E-state index contributed by atoms with van der Waals surface area (Å²) in [5, 5.41) is 1.31. The number of nitrogens with zero attached hydrogens (tertiary/aromatic N) is 4. The first kappa shape index (κ1) is 15.2. The molecule has 0 bridgehead atoms. The molecule has 2 aromatic rings. The van der Waals surface area contributed by atoms with Gasteiger partial charge in [-0.3, -0.25) is 4.98 Å². The van der Waals surface area contributed by atoms with Crippen molar-refractivity contribution in [3.05, 3.63) is 30.2 Å². The van der Waals surface area contributed by atoms with E-state index in [2.05, 4.69) is 45.6 Å². The highest BCUT2D eigenvalue weighted by molar-refractivity contribution is 5.82. The summed E-state index contributed by atoms with van der Waals surface area (Å²) in [6.07, 6.45) is 10.3. The predicted octanol–water partition coefficient (Wildman–Crippen LogP) is 2.93. The van der Waals surface area contributed by atoms with Crippen molar-refractivity contribution in [1.82, 2.24) is 19.4 Å². The standard InChI is InChI=1S/C19H28N4/c1-15-12-23(19-3-7-20-11-18(15)19)17-6-10-22(14-17)13-16-4-8-21(2)9-5-16/h3,7,11-12,16-17H,4-6,8-10,13-14H2,1-2H3. The number of hydrogen-bond donors (Lipinski definition) is 0. The number of piperidine rings is 1. The van der Waals surface area contributed by atoms with E-state index in [-0.39, 0.29) is 0 Å². The third-order valence-corrected chi connectivity index (χ3v) is 5.83. The normalized spacial score (nSPS) is 24.7. The van der Waals surface area contributed by atoms with Crippen molar-refractivity contribution in [3.63, 3.8) is 0 Å². The number of fused-ring (bicyclic) bond motifs is 1. The Balaban J connectivity index is 1.43. The van der Waals surface area contributed by atoms with E-state index in [0.717, 1.165) is 5.92 Å². The minimum atomic E-state index is 0.625. The van der Waals surface area contributed by atoms with Crippen LogP contribution in [-0.4, -0.2) is 59.1 Å². The molecule has 2 aromatic heterocycles. The molecule has 0 aromatic carbocycles. The summed E-state index contributed by atoms with van der Waals surface area (Å²) in [6, 6.07) is 2.79. The van der Waals surface area contributed by atoms with E-state index in [1.54, 1.807) is 0 Å². The van der Waals surface area contributed by atoms with Gasteiger partial charge in [0.05, 0.1) is 5.52 Å². The maximum absolute atomic E-state index is 4.28. The molecule has 2 fully saturated rings. The lowest BCUT2D eigenvalue weighted by Gasteiger charge is -2.31. The molecule has 4 nitrogen and oxygen atoms in total. The highest BCUT2D eigenvalue weighted by Crippen LogP contribution is 2.30. The van der Waals surface area contributed by atoms with Crippen molar-refractivity contribution in [2.24, 2.45) is 5.92 Å². The van der Waals surface area contributed by atoms with Crippen LogP contribution in [-0.2, 0) is 0 Å². The van der Waals surface area contributed by atoms with Crippen LogP contribution in [0.5, 0.6) is 0 Å². The molecular formula is C19H28N4. The summed E-state index contributed by atoms with van der Waals surface area (Å²) in [4.78, 5) is 9.45. The molecule has 2 aliphatic heterocycles. The molecule has 2 aliphatic rings. The van der Waals surface area contributed by atoms with E-state index < -0.39 is 0 Å². The predicted molar refractivity (Wildman–Crippen MR) is 94.8 cm³/mol. The zero-order valence-corrected chi connectivity index (χ0v) is 14.4. The van der Waals surface area contributed by atoms with Crippen molar-refractivity contribution >= 4 is 10.9 Å². The van der Waals surface area contributed by atoms with Gasteiger partial charge in [0.25, 0.3) is 0 Å². The highest BCUT2D eigenvalue weighted by atomic mass is 15.2. The molecule has 0 amide bonds. The topological polar surface area (TPSA) is 24.3 Å². The van der Waals surface area contributed by atoms with Gasteiger partial charge < -0.3 is 14.4 Å². The first-order valence-electron chi connectivity index (χ1n) is 9.03. The smallest absolute Gasteiger partial charge is 0.0517 e. The lowest BCUT2D eigenvalue weighted by Crippen LogP contribution is -2.36. The van der Waals surface area contributed by atoms with E-state index in [0.29, 0.717) is 6.04 Å². The summed E-state index contributed by atoms with van der Waals surface area (Å²) in [7, 11) is 2.25. The zero-order chi connectivity index (χ0) is 15.8. The maximum Gasteiger partial charge on any atom is 0.0517 e. The average Bonchev–Trinajstić information content (AvgIpc) is 3.15. The summed E-state index contributed by atoms with van der Waals surface area (Å²) in [5.74, 6) is 0.900. The van der Waals surface area contributed by atoms with Gasteiger partial charge in [-0.15, -0.1) is 0 Å². The lowest BCUT2D eigenvalue weighted by atomic mass is 9.97. The molecule has 4 heterocycles. The first-order chi connectivity index (χ1) is 11.2. The summed E-state index contributed by atoms with van der Waals surface area (Å²) in [5.41, 5.74) is 2.70. The fourth-order valence-corrected chi connectivity index (χ4v) is 4.38. The third-order valence-electron chi connectivity index (χ3n) is 5.83. The molecule has 1 atom stereocenters. The van der Waals surface area contributed by atoms with Crippen molar-refractivity contribution in [3.8, 4) is 0 Å². The first-order valence-corrected chi connectivity index (χ1v) is 9.03. The van der Waals surface area contributed by atoms with Gasteiger partial charge in [-0.2, -0.15) is 0 Å². The van der Waals surface area contributed by atoms with Gasteiger partial charge in [0, 0.05) is 49.7 Å². The van der Waals surface area contributed by atoms with Crippen LogP contribution in [0.2, 0.25) is 0 Å². The molecule has 23 heavy (non-hydrogen) atoms. The Morgan fingerprint density at radius 3 is 2.83 bits per heavy atom. The lowest BCUT2D eigenvalue weighted by molar-refractivity contribution is 0.174. The molecule has 0 spiro atoms. The van der Waals surface area contributed by atoms with Crippen LogP contribution in [0, 0.1) is 12.8 Å². The molecule has 0 N–H and O–H groups in total. The Kier molecular flexibility index (Phi) is 4.12. The monoisotopic (exact) mass is 312 g/mol. The van der Waals surface area contributed by atoms with Gasteiger partial charge in [0.2, 0.25) is 0 Å². The van der Waals surface area contributed by atoms with Crippen molar-refractivity contribution in [1.29, 1.82) is 0 Å². The zero-order valence-electron chi connectivity index (χ0n) is 14.4. The second-order valence-corrected chi connectivity index (χ2v) is 7.56. The quantitative estimate of drug-likeness (QED) is 0.871.